The first-order valence-corrected chi connectivity index (χ1v) is 8.25. The Morgan fingerprint density at radius 3 is 2.29 bits per heavy atom. The van der Waals surface area contributed by atoms with E-state index in [1.165, 1.54) is 5.56 Å². The van der Waals surface area contributed by atoms with Crippen molar-refractivity contribution in [2.75, 3.05) is 19.8 Å². The van der Waals surface area contributed by atoms with Gasteiger partial charge in [0, 0.05) is 19.3 Å². The Bertz CT molecular complexity index is 362. The van der Waals surface area contributed by atoms with Gasteiger partial charge >= 0.3 is 0 Å². The van der Waals surface area contributed by atoms with E-state index in [0.717, 1.165) is 44.8 Å². The topological polar surface area (TPSA) is 30.5 Å². The SMILES string of the molecule is CCCNC(CCOCCC)c1ccc(OC(C)C)cc1. The maximum Gasteiger partial charge on any atom is 0.119 e. The second-order valence-electron chi connectivity index (χ2n) is 5.64. The van der Waals surface area contributed by atoms with Gasteiger partial charge in [-0.25, -0.2) is 0 Å². The molecule has 0 saturated carbocycles. The van der Waals surface area contributed by atoms with Crippen LogP contribution in [-0.4, -0.2) is 25.9 Å². The lowest BCUT2D eigenvalue weighted by Crippen LogP contribution is -2.23. The molecule has 0 aliphatic heterocycles. The maximum absolute atomic E-state index is 5.70. The molecule has 1 aromatic rings. The van der Waals surface area contributed by atoms with Crippen molar-refractivity contribution in [1.29, 1.82) is 0 Å². The van der Waals surface area contributed by atoms with Crippen molar-refractivity contribution < 1.29 is 9.47 Å². The molecule has 1 N–H and O–H groups in total. The Balaban J connectivity index is 2.59. The normalized spacial score (nSPS) is 12.6. The lowest BCUT2D eigenvalue weighted by Gasteiger charge is -2.20. The zero-order chi connectivity index (χ0) is 15.5. The molecule has 0 fully saturated rings. The van der Waals surface area contributed by atoms with E-state index in [1.807, 2.05) is 13.8 Å². The summed E-state index contributed by atoms with van der Waals surface area (Å²) in [5.41, 5.74) is 1.31. The van der Waals surface area contributed by atoms with Crippen LogP contribution in [-0.2, 0) is 4.74 Å². The molecule has 1 atom stereocenters. The number of hydrogen-bond acceptors (Lipinski definition) is 3. The van der Waals surface area contributed by atoms with Gasteiger partial charge in [-0.15, -0.1) is 0 Å². The molecule has 1 unspecified atom stereocenters. The van der Waals surface area contributed by atoms with Gasteiger partial charge in [0.2, 0.25) is 0 Å². The minimum atomic E-state index is 0.215. The minimum absolute atomic E-state index is 0.215. The number of nitrogens with one attached hydrogen (secondary N) is 1. The fraction of sp³-hybridized carbons (Fsp3) is 0.667. The van der Waals surface area contributed by atoms with E-state index < -0.39 is 0 Å². The van der Waals surface area contributed by atoms with Crippen LogP contribution in [0.2, 0.25) is 0 Å². The van der Waals surface area contributed by atoms with E-state index >= 15 is 0 Å². The predicted octanol–water partition coefficient (Wildman–Crippen LogP) is 4.33. The Morgan fingerprint density at radius 1 is 1.00 bits per heavy atom. The zero-order valence-corrected chi connectivity index (χ0v) is 14.0. The third-order valence-corrected chi connectivity index (χ3v) is 3.19. The highest BCUT2D eigenvalue weighted by Crippen LogP contribution is 2.21. The van der Waals surface area contributed by atoms with E-state index in [4.69, 9.17) is 9.47 Å². The van der Waals surface area contributed by atoms with E-state index in [1.54, 1.807) is 0 Å². The predicted molar refractivity (Wildman–Crippen MR) is 89.0 cm³/mol. The molecule has 0 bridgehead atoms. The van der Waals surface area contributed by atoms with Crippen molar-refractivity contribution in [3.63, 3.8) is 0 Å². The Morgan fingerprint density at radius 2 is 1.71 bits per heavy atom. The van der Waals surface area contributed by atoms with Crippen LogP contribution < -0.4 is 10.1 Å². The molecule has 0 aliphatic carbocycles. The van der Waals surface area contributed by atoms with E-state index in [-0.39, 0.29) is 6.10 Å². The summed E-state index contributed by atoms with van der Waals surface area (Å²) in [5, 5.41) is 3.60. The summed E-state index contributed by atoms with van der Waals surface area (Å²) in [5.74, 6) is 0.935. The largest absolute Gasteiger partial charge is 0.491 e. The maximum atomic E-state index is 5.70. The summed E-state index contributed by atoms with van der Waals surface area (Å²) in [6, 6.07) is 8.79. The van der Waals surface area contributed by atoms with Crippen LogP contribution in [0.25, 0.3) is 0 Å². The van der Waals surface area contributed by atoms with Crippen LogP contribution in [0.15, 0.2) is 24.3 Å². The lowest BCUT2D eigenvalue weighted by atomic mass is 10.0. The van der Waals surface area contributed by atoms with Gasteiger partial charge in [0.1, 0.15) is 5.75 Å². The highest BCUT2D eigenvalue weighted by atomic mass is 16.5. The van der Waals surface area contributed by atoms with Gasteiger partial charge in [0.25, 0.3) is 0 Å². The smallest absolute Gasteiger partial charge is 0.119 e. The van der Waals surface area contributed by atoms with Gasteiger partial charge in [-0.3, -0.25) is 0 Å². The van der Waals surface area contributed by atoms with Crippen LogP contribution in [0.4, 0.5) is 0 Å². The van der Waals surface area contributed by atoms with Gasteiger partial charge in [0.05, 0.1) is 6.10 Å². The highest BCUT2D eigenvalue weighted by Gasteiger charge is 2.11. The molecule has 1 aromatic carbocycles. The molecule has 0 aliphatic rings. The van der Waals surface area contributed by atoms with Gasteiger partial charge in [-0.2, -0.15) is 0 Å². The zero-order valence-electron chi connectivity index (χ0n) is 14.0. The Hall–Kier alpha value is -1.06. The van der Waals surface area contributed by atoms with Gasteiger partial charge in [-0.05, 0) is 57.4 Å². The summed E-state index contributed by atoms with van der Waals surface area (Å²) in [6.45, 7) is 11.1. The molecule has 0 radical (unpaired) electrons. The van der Waals surface area contributed by atoms with Crippen molar-refractivity contribution in [1.82, 2.24) is 5.32 Å². The van der Waals surface area contributed by atoms with Crippen LogP contribution in [0.1, 0.15) is 58.6 Å². The molecule has 0 heterocycles. The molecular weight excluding hydrogens is 262 g/mol. The molecule has 21 heavy (non-hydrogen) atoms. The average Bonchev–Trinajstić information content (AvgIpc) is 2.47. The summed E-state index contributed by atoms with van der Waals surface area (Å²) in [4.78, 5) is 0. The summed E-state index contributed by atoms with van der Waals surface area (Å²) in [6.07, 6.45) is 3.44. The standard InChI is InChI=1S/C18H31NO2/c1-5-12-19-18(11-14-20-13-6-2)16-7-9-17(10-8-16)21-15(3)4/h7-10,15,18-19H,5-6,11-14H2,1-4H3. The van der Waals surface area contributed by atoms with Crippen molar-refractivity contribution in [3.05, 3.63) is 29.8 Å². The molecule has 0 spiro atoms. The molecule has 3 nitrogen and oxygen atoms in total. The monoisotopic (exact) mass is 293 g/mol. The Kier molecular flexibility index (Phi) is 9.11. The average molecular weight is 293 g/mol. The van der Waals surface area contributed by atoms with E-state index in [2.05, 4.69) is 43.4 Å². The van der Waals surface area contributed by atoms with Crippen molar-refractivity contribution in [2.24, 2.45) is 0 Å². The summed E-state index contributed by atoms with van der Waals surface area (Å²) < 4.78 is 11.3. The molecule has 0 saturated heterocycles. The molecular formula is C18H31NO2. The van der Waals surface area contributed by atoms with Crippen LogP contribution in [0, 0.1) is 0 Å². The lowest BCUT2D eigenvalue weighted by molar-refractivity contribution is 0.124. The number of hydrogen-bond donors (Lipinski definition) is 1. The highest BCUT2D eigenvalue weighted by molar-refractivity contribution is 5.29. The van der Waals surface area contributed by atoms with Crippen molar-refractivity contribution >= 4 is 0 Å². The Labute approximate surface area is 130 Å². The van der Waals surface area contributed by atoms with Gasteiger partial charge in [-0.1, -0.05) is 26.0 Å². The summed E-state index contributed by atoms with van der Waals surface area (Å²) >= 11 is 0. The van der Waals surface area contributed by atoms with Crippen LogP contribution >= 0.6 is 0 Å². The number of rotatable bonds is 11. The molecule has 120 valence electrons. The van der Waals surface area contributed by atoms with E-state index in [9.17, 15) is 0 Å². The second kappa shape index (κ2) is 10.6. The molecule has 0 aromatic heterocycles. The quantitative estimate of drug-likeness (QED) is 0.616. The van der Waals surface area contributed by atoms with E-state index in [0.29, 0.717) is 6.04 Å². The first-order valence-electron chi connectivity index (χ1n) is 8.25. The van der Waals surface area contributed by atoms with Crippen molar-refractivity contribution in [3.8, 4) is 5.75 Å². The summed E-state index contributed by atoms with van der Waals surface area (Å²) in [7, 11) is 0. The number of ether oxygens (including phenoxy) is 2. The molecule has 1 rings (SSSR count). The number of benzene rings is 1. The first kappa shape index (κ1) is 18.0. The van der Waals surface area contributed by atoms with Gasteiger partial charge in [0.15, 0.2) is 0 Å². The second-order valence-corrected chi connectivity index (χ2v) is 5.64. The fourth-order valence-corrected chi connectivity index (χ4v) is 2.20. The fourth-order valence-electron chi connectivity index (χ4n) is 2.20. The first-order chi connectivity index (χ1) is 10.2. The van der Waals surface area contributed by atoms with Crippen LogP contribution in [0.3, 0.4) is 0 Å². The van der Waals surface area contributed by atoms with Crippen LogP contribution in [0.5, 0.6) is 5.75 Å². The molecule has 0 amide bonds. The third-order valence-electron chi connectivity index (χ3n) is 3.19. The third kappa shape index (κ3) is 7.49. The van der Waals surface area contributed by atoms with Crippen molar-refractivity contribution in [2.45, 2.75) is 59.1 Å². The molecule has 3 heteroatoms. The van der Waals surface area contributed by atoms with Gasteiger partial charge < -0.3 is 14.8 Å². The minimum Gasteiger partial charge on any atom is -0.491 e.